The second-order valence-corrected chi connectivity index (χ2v) is 6.29. The third-order valence-electron chi connectivity index (χ3n) is 4.39. The van der Waals surface area contributed by atoms with Crippen LogP contribution >= 0.6 is 24.0 Å². The van der Waals surface area contributed by atoms with Crippen molar-refractivity contribution in [2.75, 3.05) is 19.7 Å². The molecule has 2 fully saturated rings. The second kappa shape index (κ2) is 9.46. The minimum absolute atomic E-state index is 0. The Labute approximate surface area is 161 Å². The number of fused-ring (bicyclic) bond motifs is 2. The van der Waals surface area contributed by atoms with Gasteiger partial charge in [-0.15, -0.1) is 24.0 Å². The summed E-state index contributed by atoms with van der Waals surface area (Å²) in [7, 11) is 0. The fourth-order valence-electron chi connectivity index (χ4n) is 3.31. The van der Waals surface area contributed by atoms with E-state index >= 15 is 0 Å². The van der Waals surface area contributed by atoms with Crippen LogP contribution in [0.1, 0.15) is 31.7 Å². The molecule has 0 saturated carbocycles. The highest BCUT2D eigenvalue weighted by molar-refractivity contribution is 14.0. The Morgan fingerprint density at radius 2 is 2.25 bits per heavy atom. The molecule has 1 aromatic rings. The number of aryl methyl sites for hydroxylation is 1. The summed E-state index contributed by atoms with van der Waals surface area (Å²) < 4.78 is 11.6. The largest absolute Gasteiger partial charge is 0.492 e. The molecule has 24 heavy (non-hydrogen) atoms. The quantitative estimate of drug-likeness (QED) is 0.306. The van der Waals surface area contributed by atoms with Gasteiger partial charge in [-0.05, 0) is 50.8 Å². The minimum atomic E-state index is 0. The van der Waals surface area contributed by atoms with E-state index in [1.165, 1.54) is 12.0 Å². The van der Waals surface area contributed by atoms with Crippen molar-refractivity contribution in [3.05, 3.63) is 29.8 Å². The maximum absolute atomic E-state index is 5.89. The van der Waals surface area contributed by atoms with Gasteiger partial charge in [-0.25, -0.2) is 4.99 Å². The maximum atomic E-state index is 5.89. The van der Waals surface area contributed by atoms with Gasteiger partial charge in [-0.3, -0.25) is 0 Å². The molecule has 134 valence electrons. The molecule has 3 atom stereocenters. The molecule has 2 N–H and O–H groups in total. The summed E-state index contributed by atoms with van der Waals surface area (Å²) in [6, 6.07) is 8.49. The Balaban J connectivity index is 0.00000208. The zero-order valence-electron chi connectivity index (χ0n) is 14.5. The lowest BCUT2D eigenvalue weighted by atomic mass is 9.96. The Kier molecular flexibility index (Phi) is 7.61. The third-order valence-corrected chi connectivity index (χ3v) is 4.39. The molecule has 2 bridgehead atoms. The molecule has 6 heteroatoms. The molecule has 5 nitrogen and oxygen atoms in total. The van der Waals surface area contributed by atoms with Crippen molar-refractivity contribution in [1.82, 2.24) is 10.6 Å². The molecule has 2 aliphatic heterocycles. The van der Waals surface area contributed by atoms with Crippen molar-refractivity contribution in [2.24, 2.45) is 4.99 Å². The number of aliphatic imine (C=N–C) groups is 1. The summed E-state index contributed by atoms with van der Waals surface area (Å²) in [5, 5.41) is 6.82. The van der Waals surface area contributed by atoms with Gasteiger partial charge in [0.15, 0.2) is 5.96 Å². The number of hydrogen-bond acceptors (Lipinski definition) is 3. The van der Waals surface area contributed by atoms with E-state index in [-0.39, 0.29) is 24.0 Å². The van der Waals surface area contributed by atoms with Crippen LogP contribution in [0.15, 0.2) is 29.3 Å². The molecule has 0 aliphatic carbocycles. The number of benzene rings is 1. The second-order valence-electron chi connectivity index (χ2n) is 6.29. The summed E-state index contributed by atoms with van der Waals surface area (Å²) >= 11 is 0. The summed E-state index contributed by atoms with van der Waals surface area (Å²) in [6.07, 6.45) is 4.27. The Hall–Kier alpha value is -1.02. The van der Waals surface area contributed by atoms with Gasteiger partial charge in [0.2, 0.25) is 0 Å². The van der Waals surface area contributed by atoms with Crippen LogP contribution in [0.4, 0.5) is 0 Å². The lowest BCUT2D eigenvalue weighted by molar-refractivity contribution is 0.0992. The first-order valence-electron chi connectivity index (χ1n) is 8.64. The van der Waals surface area contributed by atoms with Gasteiger partial charge in [-0.1, -0.05) is 12.1 Å². The standard InChI is InChI=1S/C18H27N3O2.HI/c1-3-19-18(21-16-12-15-7-8-17(16)23-15)20-9-10-22-14-6-4-5-13(2)11-14;/h4-6,11,15-17H,3,7-10,12H2,1-2H3,(H2,19,20,21);1H. The Morgan fingerprint density at radius 3 is 2.92 bits per heavy atom. The van der Waals surface area contributed by atoms with E-state index in [0.29, 0.717) is 31.4 Å². The van der Waals surface area contributed by atoms with Gasteiger partial charge in [0.25, 0.3) is 0 Å². The van der Waals surface area contributed by atoms with Crippen LogP contribution in [0.3, 0.4) is 0 Å². The number of guanidine groups is 1. The van der Waals surface area contributed by atoms with Gasteiger partial charge >= 0.3 is 0 Å². The Bertz CT molecular complexity index is 553. The first-order chi connectivity index (χ1) is 11.2. The van der Waals surface area contributed by atoms with Gasteiger partial charge in [0.1, 0.15) is 12.4 Å². The average molecular weight is 445 g/mol. The van der Waals surface area contributed by atoms with Crippen LogP contribution < -0.4 is 15.4 Å². The molecule has 2 heterocycles. The van der Waals surface area contributed by atoms with Gasteiger partial charge in [0, 0.05) is 6.54 Å². The van der Waals surface area contributed by atoms with Crippen molar-refractivity contribution < 1.29 is 9.47 Å². The number of halogens is 1. The molecule has 2 saturated heterocycles. The number of nitrogens with zero attached hydrogens (tertiary/aromatic N) is 1. The summed E-state index contributed by atoms with van der Waals surface area (Å²) in [5.41, 5.74) is 1.21. The van der Waals surface area contributed by atoms with Gasteiger partial charge in [0.05, 0.1) is 24.8 Å². The molecule has 0 radical (unpaired) electrons. The van der Waals surface area contributed by atoms with Crippen LogP contribution in [-0.2, 0) is 4.74 Å². The molecule has 0 amide bonds. The van der Waals surface area contributed by atoms with E-state index in [1.54, 1.807) is 0 Å². The van der Waals surface area contributed by atoms with Crippen LogP contribution in [0.25, 0.3) is 0 Å². The van der Waals surface area contributed by atoms with Crippen LogP contribution in [0, 0.1) is 6.92 Å². The predicted octanol–water partition coefficient (Wildman–Crippen LogP) is 2.87. The maximum Gasteiger partial charge on any atom is 0.191 e. The molecule has 0 spiro atoms. The van der Waals surface area contributed by atoms with E-state index in [0.717, 1.165) is 31.1 Å². The summed E-state index contributed by atoms with van der Waals surface area (Å²) in [4.78, 5) is 4.61. The predicted molar refractivity (Wildman–Crippen MR) is 108 cm³/mol. The van der Waals surface area contributed by atoms with Crippen molar-refractivity contribution in [1.29, 1.82) is 0 Å². The van der Waals surface area contributed by atoms with Crippen molar-refractivity contribution >= 4 is 29.9 Å². The first kappa shape index (κ1) is 19.3. The number of hydrogen-bond donors (Lipinski definition) is 2. The zero-order valence-corrected chi connectivity index (χ0v) is 16.8. The SMILES string of the molecule is CCNC(=NCCOc1cccc(C)c1)NC1CC2CCC1O2.I. The van der Waals surface area contributed by atoms with Crippen LogP contribution in [0.5, 0.6) is 5.75 Å². The molecule has 1 aromatic carbocycles. The van der Waals surface area contributed by atoms with Crippen LogP contribution in [-0.4, -0.2) is 43.9 Å². The van der Waals surface area contributed by atoms with Crippen molar-refractivity contribution in [3.8, 4) is 5.75 Å². The molecule has 3 rings (SSSR count). The van der Waals surface area contributed by atoms with E-state index < -0.39 is 0 Å². The highest BCUT2D eigenvalue weighted by Crippen LogP contribution is 2.34. The molecular weight excluding hydrogens is 417 g/mol. The number of rotatable bonds is 6. The van der Waals surface area contributed by atoms with E-state index in [1.807, 2.05) is 18.2 Å². The average Bonchev–Trinajstić information content (AvgIpc) is 3.14. The fraction of sp³-hybridized carbons (Fsp3) is 0.611. The smallest absolute Gasteiger partial charge is 0.191 e. The van der Waals surface area contributed by atoms with Crippen molar-refractivity contribution in [3.63, 3.8) is 0 Å². The topological polar surface area (TPSA) is 54.9 Å². The Morgan fingerprint density at radius 1 is 1.38 bits per heavy atom. The summed E-state index contributed by atoms with van der Waals surface area (Å²) in [5.74, 6) is 1.76. The number of ether oxygens (including phenoxy) is 2. The molecule has 2 aliphatic rings. The monoisotopic (exact) mass is 445 g/mol. The van der Waals surface area contributed by atoms with Crippen molar-refractivity contribution in [2.45, 2.75) is 51.4 Å². The van der Waals surface area contributed by atoms with Crippen LogP contribution in [0.2, 0.25) is 0 Å². The van der Waals surface area contributed by atoms with E-state index in [4.69, 9.17) is 9.47 Å². The lowest BCUT2D eigenvalue weighted by Crippen LogP contribution is -2.47. The summed E-state index contributed by atoms with van der Waals surface area (Å²) in [6.45, 7) is 6.21. The van der Waals surface area contributed by atoms with E-state index in [2.05, 4.69) is 35.5 Å². The zero-order chi connectivity index (χ0) is 16.1. The fourth-order valence-corrected chi connectivity index (χ4v) is 3.31. The highest BCUT2D eigenvalue weighted by atomic mass is 127. The van der Waals surface area contributed by atoms with Gasteiger partial charge < -0.3 is 20.1 Å². The number of nitrogens with one attached hydrogen (secondary N) is 2. The first-order valence-corrected chi connectivity index (χ1v) is 8.64. The van der Waals surface area contributed by atoms with E-state index in [9.17, 15) is 0 Å². The normalized spacial score (nSPS) is 25.2. The third kappa shape index (κ3) is 5.24. The minimum Gasteiger partial charge on any atom is -0.492 e. The molecule has 0 aromatic heterocycles. The molecular formula is C18H28IN3O2. The highest BCUT2D eigenvalue weighted by Gasteiger charge is 2.41. The molecule has 3 unspecified atom stereocenters. The van der Waals surface area contributed by atoms with Gasteiger partial charge in [-0.2, -0.15) is 0 Å². The lowest BCUT2D eigenvalue weighted by Gasteiger charge is -2.22.